The minimum absolute atomic E-state index is 0.110. The van der Waals surface area contributed by atoms with E-state index in [1.54, 1.807) is 13.8 Å². The maximum atomic E-state index is 12.8. The minimum Gasteiger partial charge on any atom is -0.490 e. The first-order chi connectivity index (χ1) is 9.53. The molecular weight excluding hydrogens is 302 g/mol. The summed E-state index contributed by atoms with van der Waals surface area (Å²) in [6, 6.07) is 1.80. The second-order valence-electron chi connectivity index (χ2n) is 4.45. The van der Waals surface area contributed by atoms with Gasteiger partial charge in [0.15, 0.2) is 0 Å². The number of benzene rings is 1. The van der Waals surface area contributed by atoms with Crippen molar-refractivity contribution in [3.8, 4) is 5.75 Å². The van der Waals surface area contributed by atoms with Crippen molar-refractivity contribution in [3.05, 3.63) is 29.3 Å². The number of halogens is 6. The lowest BCUT2D eigenvalue weighted by atomic mass is 10.1. The van der Waals surface area contributed by atoms with Crippen LogP contribution in [0.25, 0.3) is 0 Å². The highest BCUT2D eigenvalue weighted by molar-refractivity contribution is 5.44. The molecule has 0 spiro atoms. The first-order valence-electron chi connectivity index (χ1n) is 6.05. The van der Waals surface area contributed by atoms with Crippen LogP contribution in [0.5, 0.6) is 5.75 Å². The average Bonchev–Trinajstić information content (AvgIpc) is 2.31. The molecule has 0 saturated carbocycles. The van der Waals surface area contributed by atoms with Crippen molar-refractivity contribution in [2.45, 2.75) is 32.3 Å². The Morgan fingerprint density at radius 3 is 1.76 bits per heavy atom. The molecule has 0 aromatic heterocycles. The van der Waals surface area contributed by atoms with Gasteiger partial charge in [-0.15, -0.1) is 0 Å². The van der Waals surface area contributed by atoms with E-state index in [2.05, 4.69) is 0 Å². The standard InChI is InChI=1S/C13H14F6O2/c1-8(2)20-6-7-21-11-9(12(14,15)16)4-3-5-10(11)13(17,18)19/h3-5,8H,6-7H2,1-2H3. The molecule has 0 heterocycles. The SMILES string of the molecule is CC(C)OCCOc1c(C(F)(F)F)cccc1C(F)(F)F. The zero-order valence-electron chi connectivity index (χ0n) is 11.3. The van der Waals surface area contributed by atoms with Gasteiger partial charge in [0, 0.05) is 0 Å². The summed E-state index contributed by atoms with van der Waals surface area (Å²) in [6.07, 6.45) is -10.1. The number of ether oxygens (including phenoxy) is 2. The zero-order valence-corrected chi connectivity index (χ0v) is 11.3. The largest absolute Gasteiger partial charge is 0.490 e. The summed E-state index contributed by atoms with van der Waals surface area (Å²) in [6.45, 7) is 2.85. The molecule has 0 aliphatic carbocycles. The van der Waals surface area contributed by atoms with Gasteiger partial charge in [0.1, 0.15) is 12.4 Å². The monoisotopic (exact) mass is 316 g/mol. The fraction of sp³-hybridized carbons (Fsp3) is 0.538. The number of para-hydroxylation sites is 1. The Balaban J connectivity index is 3.06. The van der Waals surface area contributed by atoms with Crippen LogP contribution in [0.1, 0.15) is 25.0 Å². The Bertz CT molecular complexity index is 432. The van der Waals surface area contributed by atoms with Crippen LogP contribution in [-0.2, 0) is 17.1 Å². The summed E-state index contributed by atoms with van der Waals surface area (Å²) in [5.74, 6) is -1.22. The van der Waals surface area contributed by atoms with Gasteiger partial charge in [0.05, 0.1) is 23.8 Å². The molecule has 1 rings (SSSR count). The Morgan fingerprint density at radius 2 is 1.38 bits per heavy atom. The minimum atomic E-state index is -4.94. The van der Waals surface area contributed by atoms with E-state index in [9.17, 15) is 26.3 Å². The van der Waals surface area contributed by atoms with Crippen molar-refractivity contribution < 1.29 is 35.8 Å². The maximum Gasteiger partial charge on any atom is 0.419 e. The van der Waals surface area contributed by atoms with E-state index in [0.717, 1.165) is 0 Å². The molecule has 0 unspecified atom stereocenters. The van der Waals surface area contributed by atoms with Crippen molar-refractivity contribution in [1.82, 2.24) is 0 Å². The Hall–Kier alpha value is -1.44. The van der Waals surface area contributed by atoms with Crippen molar-refractivity contribution in [2.24, 2.45) is 0 Å². The van der Waals surface area contributed by atoms with Gasteiger partial charge in [-0.05, 0) is 26.0 Å². The maximum absolute atomic E-state index is 12.8. The number of alkyl halides is 6. The molecule has 1 aromatic rings. The van der Waals surface area contributed by atoms with E-state index in [1.807, 2.05) is 0 Å². The van der Waals surface area contributed by atoms with Crippen LogP contribution in [0, 0.1) is 0 Å². The van der Waals surface area contributed by atoms with E-state index in [1.165, 1.54) is 0 Å². The lowest BCUT2D eigenvalue weighted by molar-refractivity contribution is -0.145. The smallest absolute Gasteiger partial charge is 0.419 e. The molecule has 0 N–H and O–H groups in total. The second-order valence-corrected chi connectivity index (χ2v) is 4.45. The molecule has 21 heavy (non-hydrogen) atoms. The highest BCUT2D eigenvalue weighted by Crippen LogP contribution is 2.43. The Labute approximate surface area is 117 Å². The summed E-state index contributed by atoms with van der Waals surface area (Å²) in [5, 5.41) is 0. The molecule has 0 saturated heterocycles. The predicted molar refractivity (Wildman–Crippen MR) is 63.0 cm³/mol. The third-order valence-electron chi connectivity index (χ3n) is 2.41. The summed E-state index contributed by atoms with van der Waals surface area (Å²) >= 11 is 0. The second kappa shape index (κ2) is 6.55. The van der Waals surface area contributed by atoms with Crippen molar-refractivity contribution in [3.63, 3.8) is 0 Å². The van der Waals surface area contributed by atoms with Crippen molar-refractivity contribution in [2.75, 3.05) is 13.2 Å². The van der Waals surface area contributed by atoms with Gasteiger partial charge < -0.3 is 9.47 Å². The quantitative estimate of drug-likeness (QED) is 0.587. The molecule has 0 aliphatic rings. The van der Waals surface area contributed by atoms with Crippen LogP contribution in [0.4, 0.5) is 26.3 Å². The number of rotatable bonds is 5. The van der Waals surface area contributed by atoms with E-state index in [4.69, 9.17) is 9.47 Å². The molecule has 0 fully saturated rings. The third-order valence-corrected chi connectivity index (χ3v) is 2.41. The fourth-order valence-corrected chi connectivity index (χ4v) is 1.57. The molecule has 2 nitrogen and oxygen atoms in total. The van der Waals surface area contributed by atoms with Crippen LogP contribution < -0.4 is 4.74 Å². The van der Waals surface area contributed by atoms with Crippen molar-refractivity contribution in [1.29, 1.82) is 0 Å². The van der Waals surface area contributed by atoms with Gasteiger partial charge in [-0.3, -0.25) is 0 Å². The van der Waals surface area contributed by atoms with Crippen LogP contribution in [-0.4, -0.2) is 19.3 Å². The molecule has 0 aliphatic heterocycles. The molecule has 8 heteroatoms. The molecule has 0 radical (unpaired) electrons. The number of hydrogen-bond acceptors (Lipinski definition) is 2. The number of hydrogen-bond donors (Lipinski definition) is 0. The Kier molecular flexibility index (Phi) is 5.49. The summed E-state index contributed by atoms with van der Waals surface area (Å²) in [7, 11) is 0. The molecular formula is C13H14F6O2. The zero-order chi connectivity index (χ0) is 16.3. The fourth-order valence-electron chi connectivity index (χ4n) is 1.57. The molecule has 0 bridgehead atoms. The first-order valence-corrected chi connectivity index (χ1v) is 6.05. The van der Waals surface area contributed by atoms with Crippen LogP contribution in [0.2, 0.25) is 0 Å². The normalized spacial score (nSPS) is 12.8. The summed E-state index contributed by atoms with van der Waals surface area (Å²) in [5.41, 5.74) is -2.91. The lowest BCUT2D eigenvalue weighted by Gasteiger charge is -2.19. The highest BCUT2D eigenvalue weighted by atomic mass is 19.4. The van der Waals surface area contributed by atoms with E-state index in [0.29, 0.717) is 18.2 Å². The summed E-state index contributed by atoms with van der Waals surface area (Å²) < 4.78 is 86.4. The highest BCUT2D eigenvalue weighted by Gasteiger charge is 2.41. The van der Waals surface area contributed by atoms with Gasteiger partial charge in [0.25, 0.3) is 0 Å². The van der Waals surface area contributed by atoms with Crippen molar-refractivity contribution >= 4 is 0 Å². The Morgan fingerprint density at radius 1 is 0.905 bits per heavy atom. The summed E-state index contributed by atoms with van der Waals surface area (Å²) in [4.78, 5) is 0. The lowest BCUT2D eigenvalue weighted by Crippen LogP contribution is -2.18. The molecule has 0 atom stereocenters. The van der Waals surface area contributed by atoms with E-state index in [-0.39, 0.29) is 12.7 Å². The van der Waals surface area contributed by atoms with Gasteiger partial charge in [-0.2, -0.15) is 26.3 Å². The molecule has 1 aromatic carbocycles. The van der Waals surface area contributed by atoms with Crippen LogP contribution in [0.3, 0.4) is 0 Å². The van der Waals surface area contributed by atoms with Gasteiger partial charge in [-0.25, -0.2) is 0 Å². The van der Waals surface area contributed by atoms with Gasteiger partial charge in [-0.1, -0.05) is 6.07 Å². The van der Waals surface area contributed by atoms with E-state index >= 15 is 0 Å². The molecule has 0 amide bonds. The van der Waals surface area contributed by atoms with Gasteiger partial charge in [0.2, 0.25) is 0 Å². The van der Waals surface area contributed by atoms with E-state index < -0.39 is 35.8 Å². The topological polar surface area (TPSA) is 18.5 Å². The average molecular weight is 316 g/mol. The van der Waals surface area contributed by atoms with Gasteiger partial charge >= 0.3 is 12.4 Å². The first kappa shape index (κ1) is 17.6. The molecule has 120 valence electrons. The van der Waals surface area contributed by atoms with Crippen LogP contribution >= 0.6 is 0 Å². The predicted octanol–water partition coefficient (Wildman–Crippen LogP) is 4.53. The van der Waals surface area contributed by atoms with Crippen LogP contribution in [0.15, 0.2) is 18.2 Å². The third kappa shape index (κ3) is 5.11.